The number of anilines is 1. The maximum atomic E-state index is 5.78. The maximum absolute atomic E-state index is 5.78. The van der Waals surface area contributed by atoms with E-state index in [9.17, 15) is 0 Å². The lowest BCUT2D eigenvalue weighted by Gasteiger charge is -2.11. The number of nitrogen functional groups attached to an aromatic ring is 1. The summed E-state index contributed by atoms with van der Waals surface area (Å²) < 4.78 is 12.8. The van der Waals surface area contributed by atoms with Gasteiger partial charge < -0.3 is 15.2 Å². The van der Waals surface area contributed by atoms with Gasteiger partial charge in [-0.15, -0.1) is 5.10 Å². The van der Waals surface area contributed by atoms with Crippen LogP contribution in [-0.2, 0) is 11.3 Å². The molecule has 7 nitrogen and oxygen atoms in total. The molecule has 112 valence electrons. The van der Waals surface area contributed by atoms with Gasteiger partial charge in [-0.25, -0.2) is 4.68 Å². The highest BCUT2D eigenvalue weighted by molar-refractivity contribution is 5.67. The highest BCUT2D eigenvalue weighted by atomic mass is 16.5. The fourth-order valence-corrected chi connectivity index (χ4v) is 2.58. The lowest BCUT2D eigenvalue weighted by molar-refractivity contribution is 0.0994. The Kier molecular flexibility index (Phi) is 4.01. The van der Waals surface area contributed by atoms with Crippen LogP contribution in [0.25, 0.3) is 11.4 Å². The van der Waals surface area contributed by atoms with Crippen molar-refractivity contribution in [2.45, 2.75) is 31.9 Å². The Morgan fingerprint density at radius 2 is 2.38 bits per heavy atom. The molecule has 3 rings (SSSR count). The third-order valence-electron chi connectivity index (χ3n) is 3.69. The molecule has 1 atom stereocenters. The van der Waals surface area contributed by atoms with E-state index in [0.717, 1.165) is 38.0 Å². The Labute approximate surface area is 123 Å². The lowest BCUT2D eigenvalue weighted by atomic mass is 10.1. The zero-order valence-corrected chi connectivity index (χ0v) is 12.0. The number of hydrogen-bond donors (Lipinski definition) is 1. The fourth-order valence-electron chi connectivity index (χ4n) is 2.58. The first kappa shape index (κ1) is 13.8. The van der Waals surface area contributed by atoms with E-state index in [-0.39, 0.29) is 0 Å². The third-order valence-corrected chi connectivity index (χ3v) is 3.69. The second-order valence-electron chi connectivity index (χ2n) is 5.11. The Bertz CT molecular complexity index is 607. The number of nitrogens with two attached hydrogens (primary N) is 1. The van der Waals surface area contributed by atoms with Crippen LogP contribution in [-0.4, -0.2) is 40.0 Å². The van der Waals surface area contributed by atoms with Crippen LogP contribution in [0, 0.1) is 0 Å². The lowest BCUT2D eigenvalue weighted by Crippen LogP contribution is -2.12. The van der Waals surface area contributed by atoms with Gasteiger partial charge in [0.05, 0.1) is 18.8 Å². The molecule has 2 heterocycles. The van der Waals surface area contributed by atoms with Crippen LogP contribution in [0.3, 0.4) is 0 Å². The van der Waals surface area contributed by atoms with Crippen molar-refractivity contribution in [2.75, 3.05) is 19.5 Å². The molecule has 2 N–H and O–H groups in total. The van der Waals surface area contributed by atoms with Crippen molar-refractivity contribution in [2.24, 2.45) is 0 Å². The number of tetrazole rings is 1. The monoisotopic (exact) mass is 289 g/mol. The van der Waals surface area contributed by atoms with E-state index >= 15 is 0 Å². The van der Waals surface area contributed by atoms with Gasteiger partial charge in [0, 0.05) is 24.9 Å². The zero-order valence-electron chi connectivity index (χ0n) is 12.0. The number of rotatable bonds is 5. The van der Waals surface area contributed by atoms with E-state index in [1.807, 2.05) is 12.1 Å². The van der Waals surface area contributed by atoms with Crippen LogP contribution in [0.1, 0.15) is 19.3 Å². The second-order valence-corrected chi connectivity index (χ2v) is 5.11. The van der Waals surface area contributed by atoms with Gasteiger partial charge >= 0.3 is 0 Å². The number of nitrogens with zero attached hydrogens (tertiary/aromatic N) is 4. The minimum absolute atomic E-state index is 0.315. The van der Waals surface area contributed by atoms with E-state index in [1.165, 1.54) is 0 Å². The maximum Gasteiger partial charge on any atom is 0.185 e. The highest BCUT2D eigenvalue weighted by Crippen LogP contribution is 2.30. The topological polar surface area (TPSA) is 88.1 Å². The molecule has 1 aromatic heterocycles. The molecular weight excluding hydrogens is 270 g/mol. The van der Waals surface area contributed by atoms with E-state index in [2.05, 4.69) is 15.5 Å². The molecule has 1 aliphatic rings. The fraction of sp³-hybridized carbons (Fsp3) is 0.500. The average molecular weight is 289 g/mol. The van der Waals surface area contributed by atoms with E-state index in [0.29, 0.717) is 23.4 Å². The SMILES string of the molecule is COc1cc(N)ccc1-c1nnnn1CCC1CCCO1. The summed E-state index contributed by atoms with van der Waals surface area (Å²) in [7, 11) is 1.61. The molecule has 0 spiro atoms. The van der Waals surface area contributed by atoms with Crippen molar-refractivity contribution < 1.29 is 9.47 Å². The van der Waals surface area contributed by atoms with Gasteiger partial charge in [-0.1, -0.05) is 0 Å². The summed E-state index contributed by atoms with van der Waals surface area (Å²) in [5.74, 6) is 1.35. The Morgan fingerprint density at radius 1 is 1.48 bits per heavy atom. The molecule has 0 amide bonds. The van der Waals surface area contributed by atoms with E-state index in [1.54, 1.807) is 17.9 Å². The van der Waals surface area contributed by atoms with Gasteiger partial charge in [0.1, 0.15) is 5.75 Å². The van der Waals surface area contributed by atoms with Crippen LogP contribution in [0.4, 0.5) is 5.69 Å². The molecule has 21 heavy (non-hydrogen) atoms. The molecule has 0 radical (unpaired) electrons. The summed E-state index contributed by atoms with van der Waals surface area (Å²) in [4.78, 5) is 0. The van der Waals surface area contributed by atoms with Crippen LogP contribution in [0.2, 0.25) is 0 Å². The largest absolute Gasteiger partial charge is 0.496 e. The van der Waals surface area contributed by atoms with E-state index < -0.39 is 0 Å². The number of aromatic nitrogens is 4. The Balaban J connectivity index is 1.81. The molecule has 1 saturated heterocycles. The highest BCUT2D eigenvalue weighted by Gasteiger charge is 2.18. The van der Waals surface area contributed by atoms with Gasteiger partial charge in [-0.05, 0) is 41.8 Å². The summed E-state index contributed by atoms with van der Waals surface area (Å²) in [6, 6.07) is 5.47. The summed E-state index contributed by atoms with van der Waals surface area (Å²) in [6.45, 7) is 1.58. The molecule has 0 aliphatic carbocycles. The molecule has 0 bridgehead atoms. The quantitative estimate of drug-likeness (QED) is 0.839. The molecule has 1 aromatic carbocycles. The first-order valence-corrected chi connectivity index (χ1v) is 7.09. The van der Waals surface area contributed by atoms with Crippen molar-refractivity contribution in [3.05, 3.63) is 18.2 Å². The molecule has 1 aliphatic heterocycles. The third kappa shape index (κ3) is 2.97. The van der Waals surface area contributed by atoms with Gasteiger partial charge in [0.15, 0.2) is 5.82 Å². The van der Waals surface area contributed by atoms with Crippen molar-refractivity contribution in [1.29, 1.82) is 0 Å². The van der Waals surface area contributed by atoms with E-state index in [4.69, 9.17) is 15.2 Å². The normalized spacial score (nSPS) is 18.0. The molecule has 7 heteroatoms. The van der Waals surface area contributed by atoms with Gasteiger partial charge in [0.2, 0.25) is 0 Å². The smallest absolute Gasteiger partial charge is 0.185 e. The zero-order chi connectivity index (χ0) is 14.7. The van der Waals surface area contributed by atoms with Crippen molar-refractivity contribution in [3.8, 4) is 17.1 Å². The summed E-state index contributed by atoms with van der Waals surface area (Å²) in [6.07, 6.45) is 3.48. The first-order valence-electron chi connectivity index (χ1n) is 7.09. The molecular formula is C14H19N5O2. The predicted molar refractivity (Wildman–Crippen MR) is 77.8 cm³/mol. The average Bonchev–Trinajstić information content (AvgIpc) is 3.16. The predicted octanol–water partition coefficient (Wildman–Crippen LogP) is 1.50. The Hall–Kier alpha value is -2.15. The number of benzene rings is 1. The standard InChI is InChI=1S/C14H19N5O2/c1-20-13-9-10(15)4-5-12(13)14-16-17-18-19(14)7-6-11-3-2-8-21-11/h4-5,9,11H,2-3,6-8,15H2,1H3. The van der Waals surface area contributed by atoms with Crippen molar-refractivity contribution in [3.63, 3.8) is 0 Å². The Morgan fingerprint density at radius 3 is 3.14 bits per heavy atom. The first-order chi connectivity index (χ1) is 10.3. The number of methoxy groups -OCH3 is 1. The molecule has 1 unspecified atom stereocenters. The summed E-state index contributed by atoms with van der Waals surface area (Å²) >= 11 is 0. The second kappa shape index (κ2) is 6.09. The summed E-state index contributed by atoms with van der Waals surface area (Å²) in [5.41, 5.74) is 7.27. The van der Waals surface area contributed by atoms with Crippen LogP contribution >= 0.6 is 0 Å². The molecule has 0 saturated carbocycles. The van der Waals surface area contributed by atoms with Gasteiger partial charge in [-0.3, -0.25) is 0 Å². The van der Waals surface area contributed by atoms with Crippen LogP contribution in [0.15, 0.2) is 18.2 Å². The van der Waals surface area contributed by atoms with Crippen LogP contribution in [0.5, 0.6) is 5.75 Å². The number of ether oxygens (including phenoxy) is 2. The van der Waals surface area contributed by atoms with Gasteiger partial charge in [0.25, 0.3) is 0 Å². The molecule has 1 fully saturated rings. The minimum Gasteiger partial charge on any atom is -0.496 e. The number of hydrogen-bond acceptors (Lipinski definition) is 6. The van der Waals surface area contributed by atoms with Crippen LogP contribution < -0.4 is 10.5 Å². The van der Waals surface area contributed by atoms with Crippen molar-refractivity contribution >= 4 is 5.69 Å². The number of aryl methyl sites for hydroxylation is 1. The van der Waals surface area contributed by atoms with Crippen molar-refractivity contribution in [1.82, 2.24) is 20.2 Å². The summed E-state index contributed by atoms with van der Waals surface area (Å²) in [5, 5.41) is 12.0. The minimum atomic E-state index is 0.315. The van der Waals surface area contributed by atoms with Gasteiger partial charge in [-0.2, -0.15) is 0 Å². The molecule has 2 aromatic rings.